The number of fused-ring (bicyclic) bond motifs is 1. The summed E-state index contributed by atoms with van der Waals surface area (Å²) in [6.07, 6.45) is 5.82. The summed E-state index contributed by atoms with van der Waals surface area (Å²) in [5.41, 5.74) is 2.35. The average molecular weight is 385 g/mol. The van der Waals surface area contributed by atoms with Crippen LogP contribution in [0.1, 0.15) is 48.0 Å². The molecule has 0 atom stereocenters. The van der Waals surface area contributed by atoms with Crippen molar-refractivity contribution in [1.82, 2.24) is 4.72 Å². The summed E-state index contributed by atoms with van der Waals surface area (Å²) < 4.78 is 28.3. The van der Waals surface area contributed by atoms with Gasteiger partial charge in [-0.25, -0.2) is 13.1 Å². The van der Waals surface area contributed by atoms with Gasteiger partial charge < -0.3 is 4.90 Å². The van der Waals surface area contributed by atoms with Gasteiger partial charge in [-0.3, -0.25) is 4.79 Å². The minimum Gasteiger partial charge on any atom is -0.308 e. The highest BCUT2D eigenvalue weighted by Gasteiger charge is 2.28. The van der Waals surface area contributed by atoms with Crippen LogP contribution in [-0.2, 0) is 16.4 Å². The summed E-state index contributed by atoms with van der Waals surface area (Å²) in [5.74, 6) is -0.0507. The van der Waals surface area contributed by atoms with Gasteiger partial charge in [0, 0.05) is 23.8 Å². The van der Waals surface area contributed by atoms with Crippen LogP contribution in [0.5, 0.6) is 0 Å². The first-order valence-corrected chi connectivity index (χ1v) is 11.0. The zero-order valence-corrected chi connectivity index (χ0v) is 16.0. The van der Waals surface area contributed by atoms with Gasteiger partial charge in [0.25, 0.3) is 5.91 Å². The maximum atomic E-state index is 12.7. The molecule has 1 saturated carbocycles. The first-order valence-electron chi connectivity index (χ1n) is 9.57. The van der Waals surface area contributed by atoms with Crippen LogP contribution in [0.4, 0.5) is 5.69 Å². The van der Waals surface area contributed by atoms with Crippen molar-refractivity contribution in [2.24, 2.45) is 0 Å². The van der Waals surface area contributed by atoms with Gasteiger partial charge in [0.1, 0.15) is 0 Å². The second-order valence-corrected chi connectivity index (χ2v) is 9.03. The van der Waals surface area contributed by atoms with E-state index in [0.29, 0.717) is 23.4 Å². The minimum absolute atomic E-state index is 0.0353. The number of benzene rings is 2. The average Bonchev–Trinajstić information content (AvgIpc) is 3.12. The van der Waals surface area contributed by atoms with E-state index < -0.39 is 10.0 Å². The molecule has 2 aromatic carbocycles. The molecule has 0 bridgehead atoms. The normalized spacial score (nSPS) is 17.7. The van der Waals surface area contributed by atoms with Gasteiger partial charge in [-0.2, -0.15) is 0 Å². The summed E-state index contributed by atoms with van der Waals surface area (Å²) in [5, 5.41) is 0. The summed E-state index contributed by atoms with van der Waals surface area (Å²) in [6.45, 7) is 0.572. The molecule has 0 saturated heterocycles. The van der Waals surface area contributed by atoms with Crippen LogP contribution in [0.25, 0.3) is 0 Å². The fourth-order valence-corrected chi connectivity index (χ4v) is 5.36. The molecular weight excluding hydrogens is 360 g/mol. The van der Waals surface area contributed by atoms with Gasteiger partial charge in [0.2, 0.25) is 10.0 Å². The second kappa shape index (κ2) is 7.44. The van der Waals surface area contributed by atoms with Crippen molar-refractivity contribution < 1.29 is 13.2 Å². The molecule has 0 spiro atoms. The fourth-order valence-electron chi connectivity index (χ4n) is 4.00. The van der Waals surface area contributed by atoms with Crippen molar-refractivity contribution in [3.8, 4) is 0 Å². The first kappa shape index (κ1) is 18.2. The quantitative estimate of drug-likeness (QED) is 0.877. The zero-order valence-electron chi connectivity index (χ0n) is 15.2. The maximum absolute atomic E-state index is 12.7. The van der Waals surface area contributed by atoms with E-state index in [1.807, 2.05) is 18.2 Å². The Kier molecular flexibility index (Phi) is 5.02. The van der Waals surface area contributed by atoms with Crippen LogP contribution in [0, 0.1) is 0 Å². The number of hydrogen-bond acceptors (Lipinski definition) is 3. The Balaban J connectivity index is 1.55. The molecule has 2 aliphatic rings. The largest absolute Gasteiger partial charge is 0.308 e. The number of carbonyl (C=O) groups excluding carboxylic acids is 1. The number of nitrogens with one attached hydrogen (secondary N) is 1. The fraction of sp³-hybridized carbons (Fsp3) is 0.381. The van der Waals surface area contributed by atoms with Crippen molar-refractivity contribution in [2.45, 2.75) is 49.5 Å². The molecule has 1 amide bonds. The lowest BCUT2D eigenvalue weighted by Gasteiger charge is -2.23. The van der Waals surface area contributed by atoms with Crippen molar-refractivity contribution in [1.29, 1.82) is 0 Å². The van der Waals surface area contributed by atoms with Crippen LogP contribution in [-0.4, -0.2) is 26.9 Å². The number of hydrogen-bond donors (Lipinski definition) is 1. The molecule has 4 rings (SSSR count). The van der Waals surface area contributed by atoms with Gasteiger partial charge in [-0.1, -0.05) is 37.5 Å². The molecule has 0 aromatic heterocycles. The Labute approximate surface area is 160 Å². The number of carbonyl (C=O) groups is 1. The van der Waals surface area contributed by atoms with Crippen LogP contribution in [0.15, 0.2) is 53.4 Å². The van der Waals surface area contributed by atoms with Crippen LogP contribution < -0.4 is 9.62 Å². The second-order valence-electron chi connectivity index (χ2n) is 7.32. The standard InChI is InChI=1S/C21H24N2O3S/c24-21(16-7-3-1-4-8-16)23-14-13-17-15-19(11-12-20(17)23)27(25,26)22-18-9-5-2-6-10-18/h1,3-4,7-8,11-12,15,18,22H,2,5-6,9-10,13-14H2. The van der Waals surface area contributed by atoms with E-state index in [0.717, 1.165) is 36.9 Å². The van der Waals surface area contributed by atoms with Crippen LogP contribution in [0.3, 0.4) is 0 Å². The third-order valence-electron chi connectivity index (χ3n) is 5.45. The highest BCUT2D eigenvalue weighted by molar-refractivity contribution is 7.89. The van der Waals surface area contributed by atoms with Crippen molar-refractivity contribution in [2.75, 3.05) is 11.4 Å². The molecular formula is C21H24N2O3S. The number of anilines is 1. The first-order chi connectivity index (χ1) is 13.0. The lowest BCUT2D eigenvalue weighted by molar-refractivity contribution is 0.0989. The van der Waals surface area contributed by atoms with E-state index in [-0.39, 0.29) is 11.9 Å². The molecule has 2 aromatic rings. The Morgan fingerprint density at radius 1 is 1.00 bits per heavy atom. The summed E-state index contributed by atoms with van der Waals surface area (Å²) in [7, 11) is -3.52. The van der Waals surface area contributed by atoms with Gasteiger partial charge in [0.05, 0.1) is 4.90 Å². The monoisotopic (exact) mass is 384 g/mol. The molecule has 0 unspecified atom stereocenters. The van der Waals surface area contributed by atoms with Crippen molar-refractivity contribution >= 4 is 21.6 Å². The molecule has 1 aliphatic heterocycles. The van der Waals surface area contributed by atoms with Crippen molar-refractivity contribution in [3.63, 3.8) is 0 Å². The number of sulfonamides is 1. The van der Waals surface area contributed by atoms with E-state index >= 15 is 0 Å². The van der Waals surface area contributed by atoms with E-state index in [1.54, 1.807) is 35.2 Å². The molecule has 1 N–H and O–H groups in total. The highest BCUT2D eigenvalue weighted by atomic mass is 32.2. The molecule has 6 heteroatoms. The number of nitrogens with zero attached hydrogens (tertiary/aromatic N) is 1. The number of amides is 1. The molecule has 1 fully saturated rings. The lowest BCUT2D eigenvalue weighted by Crippen LogP contribution is -2.36. The molecule has 0 radical (unpaired) electrons. The van der Waals surface area contributed by atoms with Gasteiger partial charge in [0.15, 0.2) is 0 Å². The van der Waals surface area contributed by atoms with Crippen molar-refractivity contribution in [3.05, 3.63) is 59.7 Å². The summed E-state index contributed by atoms with van der Waals surface area (Å²) in [6, 6.07) is 14.3. The smallest absolute Gasteiger partial charge is 0.258 e. The molecule has 5 nitrogen and oxygen atoms in total. The Morgan fingerprint density at radius 3 is 2.48 bits per heavy atom. The highest BCUT2D eigenvalue weighted by Crippen LogP contribution is 2.31. The van der Waals surface area contributed by atoms with E-state index in [2.05, 4.69) is 4.72 Å². The third kappa shape index (κ3) is 3.77. The predicted octanol–water partition coefficient (Wildman–Crippen LogP) is 3.50. The van der Waals surface area contributed by atoms with Gasteiger partial charge in [-0.15, -0.1) is 0 Å². The van der Waals surface area contributed by atoms with Gasteiger partial charge >= 0.3 is 0 Å². The Bertz CT molecular complexity index is 935. The summed E-state index contributed by atoms with van der Waals surface area (Å²) >= 11 is 0. The topological polar surface area (TPSA) is 66.5 Å². The lowest BCUT2D eigenvalue weighted by atomic mass is 9.96. The van der Waals surface area contributed by atoms with E-state index in [4.69, 9.17) is 0 Å². The molecule has 27 heavy (non-hydrogen) atoms. The van der Waals surface area contributed by atoms with Gasteiger partial charge in [-0.05, 0) is 55.2 Å². The molecule has 1 heterocycles. The Morgan fingerprint density at radius 2 is 1.74 bits per heavy atom. The van der Waals surface area contributed by atoms with Crippen LogP contribution >= 0.6 is 0 Å². The number of rotatable bonds is 4. The Hall–Kier alpha value is -2.18. The minimum atomic E-state index is -3.52. The SMILES string of the molecule is O=C(c1ccccc1)N1CCc2cc(S(=O)(=O)NC3CCCCC3)ccc21. The third-order valence-corrected chi connectivity index (χ3v) is 6.97. The zero-order chi connectivity index (χ0) is 18.9. The van der Waals surface area contributed by atoms with Crippen LogP contribution in [0.2, 0.25) is 0 Å². The predicted molar refractivity (Wildman–Crippen MR) is 105 cm³/mol. The summed E-state index contributed by atoms with van der Waals surface area (Å²) in [4.78, 5) is 14.8. The maximum Gasteiger partial charge on any atom is 0.258 e. The molecule has 1 aliphatic carbocycles. The van der Waals surface area contributed by atoms with E-state index in [1.165, 1.54) is 6.42 Å². The van der Waals surface area contributed by atoms with E-state index in [9.17, 15) is 13.2 Å². The molecule has 142 valence electrons.